The van der Waals surface area contributed by atoms with E-state index < -0.39 is 12.0 Å². The first-order valence-corrected chi connectivity index (χ1v) is 14.2. The zero-order valence-electron chi connectivity index (χ0n) is 21.2. The van der Waals surface area contributed by atoms with Crippen molar-refractivity contribution in [3.8, 4) is 17.4 Å². The summed E-state index contributed by atoms with van der Waals surface area (Å²) in [6.07, 6.45) is 1.67. The van der Waals surface area contributed by atoms with Crippen LogP contribution in [-0.2, 0) is 9.53 Å². The molecule has 1 aliphatic rings. The minimum Gasteiger partial charge on any atom is -0.463 e. The van der Waals surface area contributed by atoms with Crippen LogP contribution in [0, 0.1) is 11.3 Å². The van der Waals surface area contributed by atoms with Crippen LogP contribution >= 0.6 is 22.7 Å². The second kappa shape index (κ2) is 10.8. The Balaban J connectivity index is 1.54. The number of esters is 1. The number of furan rings is 1. The topological polar surface area (TPSA) is 97.6 Å². The molecule has 0 bridgehead atoms. The molecule has 1 atom stereocenters. The highest BCUT2D eigenvalue weighted by atomic mass is 32.1. The highest BCUT2D eigenvalue weighted by Crippen LogP contribution is 2.36. The molecule has 1 aliphatic heterocycles. The molecule has 3 aromatic heterocycles. The summed E-state index contributed by atoms with van der Waals surface area (Å²) in [5, 5.41) is 11.4. The van der Waals surface area contributed by atoms with Crippen LogP contribution in [0.3, 0.4) is 0 Å². The first-order chi connectivity index (χ1) is 19.6. The van der Waals surface area contributed by atoms with Crippen molar-refractivity contribution in [2.24, 2.45) is 4.99 Å². The summed E-state index contributed by atoms with van der Waals surface area (Å²) < 4.78 is 13.5. The number of hydrogen-bond donors (Lipinski definition) is 0. The predicted octanol–water partition coefficient (Wildman–Crippen LogP) is 5.13. The summed E-state index contributed by atoms with van der Waals surface area (Å²) in [5.74, 6) is 0.488. The predicted molar refractivity (Wildman–Crippen MR) is 154 cm³/mol. The lowest BCUT2D eigenvalue weighted by atomic mass is 9.97. The summed E-state index contributed by atoms with van der Waals surface area (Å²) >= 11 is 2.69. The quantitative estimate of drug-likeness (QED) is 0.267. The third-order valence-corrected chi connectivity index (χ3v) is 8.31. The summed E-state index contributed by atoms with van der Waals surface area (Å²) in [5.41, 5.74) is 2.46. The van der Waals surface area contributed by atoms with Crippen molar-refractivity contribution in [2.45, 2.75) is 13.0 Å². The molecule has 0 saturated heterocycles. The molecule has 0 unspecified atom stereocenters. The third kappa shape index (κ3) is 4.53. The molecular weight excluding hydrogens is 542 g/mol. The molecule has 7 nitrogen and oxygen atoms in total. The number of benzene rings is 2. The fourth-order valence-electron chi connectivity index (χ4n) is 4.66. The van der Waals surface area contributed by atoms with Gasteiger partial charge in [0.25, 0.3) is 5.56 Å². The van der Waals surface area contributed by atoms with Crippen molar-refractivity contribution in [1.29, 1.82) is 5.26 Å². The normalized spacial score (nSPS) is 14.9. The number of thiazole rings is 1. The second-order valence-electron chi connectivity index (χ2n) is 8.81. The van der Waals surface area contributed by atoms with Gasteiger partial charge in [-0.2, -0.15) is 5.26 Å². The van der Waals surface area contributed by atoms with Gasteiger partial charge in [0, 0.05) is 22.1 Å². The molecule has 2 aromatic carbocycles. The van der Waals surface area contributed by atoms with Gasteiger partial charge < -0.3 is 9.15 Å². The van der Waals surface area contributed by atoms with E-state index >= 15 is 0 Å². The zero-order valence-corrected chi connectivity index (χ0v) is 22.9. The number of aromatic nitrogens is 1. The van der Waals surface area contributed by atoms with E-state index in [0.717, 1.165) is 10.4 Å². The fourth-order valence-corrected chi connectivity index (χ4v) is 6.46. The molecule has 4 heterocycles. The van der Waals surface area contributed by atoms with E-state index in [1.807, 2.05) is 60.0 Å². The molecular formula is C31H21N3O4S2. The monoisotopic (exact) mass is 563 g/mol. The Morgan fingerprint density at radius 3 is 2.65 bits per heavy atom. The first-order valence-electron chi connectivity index (χ1n) is 12.5. The van der Waals surface area contributed by atoms with Crippen LogP contribution in [0.1, 0.15) is 34.7 Å². The third-order valence-electron chi connectivity index (χ3n) is 6.40. The molecule has 0 N–H and O–H groups in total. The van der Waals surface area contributed by atoms with Crippen molar-refractivity contribution in [2.75, 3.05) is 6.61 Å². The van der Waals surface area contributed by atoms with Gasteiger partial charge >= 0.3 is 5.97 Å². The molecule has 6 rings (SSSR count). The average molecular weight is 564 g/mol. The van der Waals surface area contributed by atoms with Gasteiger partial charge in [0.15, 0.2) is 4.80 Å². The number of rotatable bonds is 6. The van der Waals surface area contributed by atoms with Crippen LogP contribution in [0.15, 0.2) is 104 Å². The van der Waals surface area contributed by atoms with Crippen molar-refractivity contribution in [3.05, 3.63) is 131 Å². The summed E-state index contributed by atoms with van der Waals surface area (Å²) in [6.45, 7) is 1.95. The van der Waals surface area contributed by atoms with E-state index in [9.17, 15) is 14.9 Å². The molecule has 0 fully saturated rings. The zero-order chi connectivity index (χ0) is 27.6. The summed E-state index contributed by atoms with van der Waals surface area (Å²) in [6, 6.07) is 25.5. The number of carbonyl (C=O) groups is 1. The molecule has 0 saturated carbocycles. The number of nitriles is 1. The lowest BCUT2D eigenvalue weighted by Gasteiger charge is -2.24. The molecule has 5 aromatic rings. The maximum absolute atomic E-state index is 13.9. The van der Waals surface area contributed by atoms with Crippen LogP contribution in [0.25, 0.3) is 23.1 Å². The number of thiophene rings is 1. The molecule has 0 spiro atoms. The summed E-state index contributed by atoms with van der Waals surface area (Å²) in [7, 11) is 0. The van der Waals surface area contributed by atoms with Crippen molar-refractivity contribution in [3.63, 3.8) is 0 Å². The Labute approximate surface area is 236 Å². The SMILES string of the molecule is CCOC(=O)C1=C(c2ccccc2)N=c2s/c(=C/c3ccc(-c4ccccc4C#N)o3)c(=O)n2[C@H]1c1cccs1. The van der Waals surface area contributed by atoms with Crippen molar-refractivity contribution >= 4 is 40.4 Å². The van der Waals surface area contributed by atoms with Gasteiger partial charge in [-0.25, -0.2) is 9.79 Å². The Morgan fingerprint density at radius 2 is 1.90 bits per heavy atom. The van der Waals surface area contributed by atoms with E-state index in [1.165, 1.54) is 22.7 Å². The van der Waals surface area contributed by atoms with Gasteiger partial charge in [0.1, 0.15) is 17.6 Å². The lowest BCUT2D eigenvalue weighted by molar-refractivity contribution is -0.138. The van der Waals surface area contributed by atoms with E-state index in [4.69, 9.17) is 14.1 Å². The van der Waals surface area contributed by atoms with Crippen molar-refractivity contribution < 1.29 is 13.9 Å². The molecule has 40 heavy (non-hydrogen) atoms. The van der Waals surface area contributed by atoms with Gasteiger partial charge in [-0.1, -0.05) is 59.9 Å². The van der Waals surface area contributed by atoms with Crippen LogP contribution in [0.2, 0.25) is 0 Å². The van der Waals surface area contributed by atoms with Gasteiger partial charge in [-0.3, -0.25) is 9.36 Å². The Hall–Kier alpha value is -4.78. The molecule has 196 valence electrons. The Kier molecular flexibility index (Phi) is 6.86. The number of hydrogen-bond acceptors (Lipinski definition) is 8. The van der Waals surface area contributed by atoms with Crippen LogP contribution in [-0.4, -0.2) is 17.1 Å². The van der Waals surface area contributed by atoms with Crippen LogP contribution in [0.4, 0.5) is 0 Å². The lowest BCUT2D eigenvalue weighted by Crippen LogP contribution is -2.39. The van der Waals surface area contributed by atoms with Gasteiger partial charge in [-0.15, -0.1) is 11.3 Å². The number of fused-ring (bicyclic) bond motifs is 1. The van der Waals surface area contributed by atoms with Gasteiger partial charge in [0.05, 0.1) is 34.0 Å². The molecule has 0 amide bonds. The first kappa shape index (κ1) is 25.5. The number of carbonyl (C=O) groups excluding carboxylic acids is 1. The highest BCUT2D eigenvalue weighted by molar-refractivity contribution is 7.10. The molecule has 0 aliphatic carbocycles. The van der Waals surface area contributed by atoms with E-state index in [0.29, 0.717) is 43.3 Å². The molecule has 0 radical (unpaired) electrons. The second-order valence-corrected chi connectivity index (χ2v) is 10.8. The fraction of sp³-hybridized carbons (Fsp3) is 0.0968. The minimum atomic E-state index is -0.692. The number of nitrogens with zero attached hydrogens (tertiary/aromatic N) is 3. The van der Waals surface area contributed by atoms with E-state index in [1.54, 1.807) is 41.8 Å². The maximum atomic E-state index is 13.9. The summed E-state index contributed by atoms with van der Waals surface area (Å²) in [4.78, 5) is 33.4. The Bertz CT molecular complexity index is 1970. The van der Waals surface area contributed by atoms with Crippen LogP contribution < -0.4 is 14.9 Å². The van der Waals surface area contributed by atoms with Crippen LogP contribution in [0.5, 0.6) is 0 Å². The average Bonchev–Trinajstić information content (AvgIpc) is 3.74. The van der Waals surface area contributed by atoms with Crippen molar-refractivity contribution in [1.82, 2.24) is 4.57 Å². The number of ether oxygens (including phenoxy) is 1. The largest absolute Gasteiger partial charge is 0.463 e. The van der Waals surface area contributed by atoms with E-state index in [-0.39, 0.29) is 12.2 Å². The highest BCUT2D eigenvalue weighted by Gasteiger charge is 2.35. The maximum Gasteiger partial charge on any atom is 0.338 e. The minimum absolute atomic E-state index is 0.196. The smallest absolute Gasteiger partial charge is 0.338 e. The van der Waals surface area contributed by atoms with E-state index in [2.05, 4.69) is 6.07 Å². The Morgan fingerprint density at radius 1 is 1.10 bits per heavy atom. The standard InChI is InChI=1S/C31H21N3O4S2/c1-2-37-30(36)26-27(19-9-4-3-5-10-19)33-31-34(28(26)24-13-8-16-39-24)29(35)25(40-31)17-21-14-15-23(38-21)22-12-7-6-11-20(22)18-32/h3-17,28H,2H2,1H3/b25-17+/t28-/m0/s1. The van der Waals surface area contributed by atoms with Gasteiger partial charge in [0.2, 0.25) is 0 Å². The van der Waals surface area contributed by atoms with Gasteiger partial charge in [-0.05, 0) is 42.6 Å². The molecule has 9 heteroatoms.